The van der Waals surface area contributed by atoms with Gasteiger partial charge >= 0.3 is 5.97 Å². The lowest BCUT2D eigenvalue weighted by Gasteiger charge is -2.19. The number of aliphatic carboxylic acids is 1. The highest BCUT2D eigenvalue weighted by Crippen LogP contribution is 2.39. The van der Waals surface area contributed by atoms with Crippen LogP contribution in [0, 0.1) is 0 Å². The molecule has 178 valence electrons. The molecule has 9 nitrogen and oxygen atoms in total. The monoisotopic (exact) mass is 475 g/mol. The molecule has 0 aliphatic carbocycles. The van der Waals surface area contributed by atoms with E-state index in [0.29, 0.717) is 16.9 Å². The lowest BCUT2D eigenvalue weighted by atomic mass is 9.86. The summed E-state index contributed by atoms with van der Waals surface area (Å²) in [5.41, 5.74) is 6.23. The first kappa shape index (κ1) is 23.4. The number of hydrogen-bond donors (Lipinski definition) is 4. The number of fused-ring (bicyclic) bond motifs is 1. The zero-order valence-corrected chi connectivity index (χ0v) is 18.3. The molecule has 3 aromatic carbocycles. The van der Waals surface area contributed by atoms with E-state index in [0.717, 1.165) is 0 Å². The standard InChI is InChI=1S/C26H21NO8/c27-22(30)13-34-17-7-3-14(4-8-17)19(11-23(31)32)24-21(29)10-9-18-25(33)20(12-35-26(18)24)15-1-5-16(28)6-2-15/h1-10,12,19,28-29H,11,13H2,(H2,27,30)(H,31,32). The first-order valence-corrected chi connectivity index (χ1v) is 10.5. The van der Waals surface area contributed by atoms with Crippen LogP contribution in [0.4, 0.5) is 0 Å². The van der Waals surface area contributed by atoms with Gasteiger partial charge in [-0.15, -0.1) is 0 Å². The lowest BCUT2D eigenvalue weighted by Crippen LogP contribution is -2.20. The Morgan fingerprint density at radius 3 is 2.29 bits per heavy atom. The van der Waals surface area contributed by atoms with Crippen molar-refractivity contribution in [3.63, 3.8) is 0 Å². The van der Waals surface area contributed by atoms with Crippen molar-refractivity contribution >= 4 is 22.8 Å². The zero-order valence-electron chi connectivity index (χ0n) is 18.3. The first-order chi connectivity index (χ1) is 16.7. The second-order valence-electron chi connectivity index (χ2n) is 7.87. The number of carboxylic acids is 1. The predicted molar refractivity (Wildman–Crippen MR) is 126 cm³/mol. The third-order valence-electron chi connectivity index (χ3n) is 5.53. The molecular weight excluding hydrogens is 454 g/mol. The summed E-state index contributed by atoms with van der Waals surface area (Å²) in [6, 6.07) is 15.1. The molecule has 1 aromatic heterocycles. The van der Waals surface area contributed by atoms with Crippen LogP contribution in [0.25, 0.3) is 22.1 Å². The average molecular weight is 475 g/mol. The third-order valence-corrected chi connectivity index (χ3v) is 5.53. The number of phenolic OH excluding ortho intramolecular Hbond substituents is 2. The molecule has 0 saturated heterocycles. The van der Waals surface area contributed by atoms with Gasteiger partial charge in [-0.05, 0) is 47.5 Å². The fourth-order valence-corrected chi connectivity index (χ4v) is 3.90. The minimum Gasteiger partial charge on any atom is -0.508 e. The highest BCUT2D eigenvalue weighted by atomic mass is 16.5. The summed E-state index contributed by atoms with van der Waals surface area (Å²) in [5, 5.41) is 30.0. The second-order valence-corrected chi connectivity index (χ2v) is 7.87. The normalized spacial score (nSPS) is 11.8. The molecule has 0 saturated carbocycles. The molecule has 0 fully saturated rings. The molecule has 0 aliphatic rings. The summed E-state index contributed by atoms with van der Waals surface area (Å²) in [6.07, 6.45) is 0.857. The number of ether oxygens (including phenoxy) is 1. The number of hydrogen-bond acceptors (Lipinski definition) is 7. The number of phenols is 2. The maximum Gasteiger partial charge on any atom is 0.304 e. The Morgan fingerprint density at radius 2 is 1.66 bits per heavy atom. The van der Waals surface area contributed by atoms with Crippen molar-refractivity contribution in [3.05, 3.63) is 88.3 Å². The molecule has 1 heterocycles. The Labute approximate surface area is 198 Å². The number of nitrogens with two attached hydrogens (primary N) is 1. The molecule has 1 amide bonds. The average Bonchev–Trinajstić information content (AvgIpc) is 2.83. The van der Waals surface area contributed by atoms with E-state index in [-0.39, 0.29) is 45.6 Å². The number of carboxylic acid groups (broad SMARTS) is 1. The molecule has 35 heavy (non-hydrogen) atoms. The van der Waals surface area contributed by atoms with Gasteiger partial charge in [-0.25, -0.2) is 0 Å². The molecule has 9 heteroatoms. The van der Waals surface area contributed by atoms with Crippen LogP contribution < -0.4 is 15.9 Å². The van der Waals surface area contributed by atoms with Gasteiger partial charge in [-0.2, -0.15) is 0 Å². The Balaban J connectivity index is 1.83. The molecule has 0 bridgehead atoms. The summed E-state index contributed by atoms with van der Waals surface area (Å²) in [7, 11) is 0. The van der Waals surface area contributed by atoms with Gasteiger partial charge in [0.1, 0.15) is 29.1 Å². The molecule has 5 N–H and O–H groups in total. The number of rotatable bonds is 8. The van der Waals surface area contributed by atoms with E-state index in [1.807, 2.05) is 0 Å². The van der Waals surface area contributed by atoms with E-state index in [2.05, 4.69) is 0 Å². The van der Waals surface area contributed by atoms with Crippen molar-refractivity contribution in [3.8, 4) is 28.4 Å². The minimum absolute atomic E-state index is 0.0497. The Hall–Kier alpha value is -4.79. The maximum atomic E-state index is 13.3. The van der Waals surface area contributed by atoms with Gasteiger partial charge in [-0.1, -0.05) is 24.3 Å². The lowest BCUT2D eigenvalue weighted by molar-refractivity contribution is -0.137. The van der Waals surface area contributed by atoms with Gasteiger partial charge in [0.15, 0.2) is 6.61 Å². The number of carbonyl (C=O) groups is 2. The van der Waals surface area contributed by atoms with Crippen molar-refractivity contribution in [1.29, 1.82) is 0 Å². The van der Waals surface area contributed by atoms with Gasteiger partial charge in [-0.3, -0.25) is 14.4 Å². The van der Waals surface area contributed by atoms with Crippen LogP contribution in [-0.4, -0.2) is 33.8 Å². The van der Waals surface area contributed by atoms with Crippen LogP contribution in [0.1, 0.15) is 23.5 Å². The van der Waals surface area contributed by atoms with E-state index in [1.54, 1.807) is 36.4 Å². The van der Waals surface area contributed by atoms with Gasteiger partial charge in [0.25, 0.3) is 5.91 Å². The van der Waals surface area contributed by atoms with Crippen LogP contribution in [-0.2, 0) is 9.59 Å². The summed E-state index contributed by atoms with van der Waals surface area (Å²) in [6.45, 7) is -0.309. The highest BCUT2D eigenvalue weighted by molar-refractivity contribution is 5.87. The van der Waals surface area contributed by atoms with Crippen molar-refractivity contribution in [2.75, 3.05) is 6.61 Å². The van der Waals surface area contributed by atoms with Crippen molar-refractivity contribution in [2.24, 2.45) is 5.73 Å². The van der Waals surface area contributed by atoms with Crippen LogP contribution in [0.5, 0.6) is 17.2 Å². The molecule has 4 aromatic rings. The Morgan fingerprint density at radius 1 is 0.971 bits per heavy atom. The number of amides is 1. The SMILES string of the molecule is NC(=O)COc1ccc(C(CC(=O)O)c2c(O)ccc3c(=O)c(-c4ccc(O)cc4)coc23)cc1. The molecule has 4 rings (SSSR count). The summed E-state index contributed by atoms with van der Waals surface area (Å²) >= 11 is 0. The van der Waals surface area contributed by atoms with Gasteiger partial charge in [0, 0.05) is 11.5 Å². The molecule has 0 spiro atoms. The van der Waals surface area contributed by atoms with E-state index >= 15 is 0 Å². The van der Waals surface area contributed by atoms with E-state index in [4.69, 9.17) is 14.9 Å². The zero-order chi connectivity index (χ0) is 25.1. The molecule has 1 atom stereocenters. The van der Waals surface area contributed by atoms with E-state index < -0.39 is 24.2 Å². The van der Waals surface area contributed by atoms with Gasteiger partial charge < -0.3 is 30.2 Å². The number of carbonyl (C=O) groups excluding carboxylic acids is 1. The van der Waals surface area contributed by atoms with Gasteiger partial charge in [0.05, 0.1) is 17.4 Å². The molecule has 1 unspecified atom stereocenters. The maximum absolute atomic E-state index is 13.3. The van der Waals surface area contributed by atoms with Gasteiger partial charge in [0.2, 0.25) is 5.43 Å². The van der Waals surface area contributed by atoms with Crippen LogP contribution in [0.15, 0.2) is 76.1 Å². The van der Waals surface area contributed by atoms with Crippen LogP contribution >= 0.6 is 0 Å². The first-order valence-electron chi connectivity index (χ1n) is 10.5. The molecule has 0 radical (unpaired) electrons. The van der Waals surface area contributed by atoms with Crippen molar-refractivity contribution in [2.45, 2.75) is 12.3 Å². The molecular formula is C26H21NO8. The number of primary amides is 1. The Kier molecular flexibility index (Phi) is 6.41. The molecule has 0 aliphatic heterocycles. The third kappa shape index (κ3) is 4.93. The second kappa shape index (κ2) is 9.60. The van der Waals surface area contributed by atoms with Crippen LogP contribution in [0.3, 0.4) is 0 Å². The topological polar surface area (TPSA) is 160 Å². The fourth-order valence-electron chi connectivity index (χ4n) is 3.90. The smallest absolute Gasteiger partial charge is 0.304 e. The highest BCUT2D eigenvalue weighted by Gasteiger charge is 2.26. The summed E-state index contributed by atoms with van der Waals surface area (Å²) in [4.78, 5) is 35.9. The largest absolute Gasteiger partial charge is 0.508 e. The van der Waals surface area contributed by atoms with Crippen molar-refractivity contribution < 1.29 is 34.1 Å². The fraction of sp³-hybridized carbons (Fsp3) is 0.115. The quantitative estimate of drug-likeness (QED) is 0.302. The predicted octanol–water partition coefficient (Wildman–Crippen LogP) is 3.34. The van der Waals surface area contributed by atoms with Crippen LogP contribution in [0.2, 0.25) is 0 Å². The minimum atomic E-state index is -1.12. The summed E-state index contributed by atoms with van der Waals surface area (Å²) < 4.78 is 11.0. The Bertz CT molecular complexity index is 1460. The van der Waals surface area contributed by atoms with E-state index in [9.17, 15) is 29.7 Å². The number of aromatic hydroxyl groups is 2. The summed E-state index contributed by atoms with van der Waals surface area (Å²) in [5.74, 6) is -2.44. The van der Waals surface area contributed by atoms with Crippen molar-refractivity contribution in [1.82, 2.24) is 0 Å². The van der Waals surface area contributed by atoms with E-state index in [1.165, 1.54) is 30.5 Å². The number of benzene rings is 3.